The minimum atomic E-state index is -0.317. The fourth-order valence-electron chi connectivity index (χ4n) is 2.38. The number of benzene rings is 1. The Morgan fingerprint density at radius 2 is 2.05 bits per heavy atom. The minimum absolute atomic E-state index is 0.0000983. The number of aryl methyl sites for hydroxylation is 1. The normalized spacial score (nSPS) is 18.1. The van der Waals surface area contributed by atoms with Crippen molar-refractivity contribution in [3.8, 4) is 0 Å². The zero-order valence-corrected chi connectivity index (χ0v) is 11.3. The second kappa shape index (κ2) is 5.33. The second-order valence-electron chi connectivity index (χ2n) is 4.98. The Morgan fingerprint density at radius 1 is 1.25 bits per heavy atom. The van der Waals surface area contributed by atoms with Gasteiger partial charge in [-0.2, -0.15) is 0 Å². The molecule has 0 unspecified atom stereocenters. The van der Waals surface area contributed by atoms with Gasteiger partial charge in [0, 0.05) is 6.20 Å². The first-order valence-corrected chi connectivity index (χ1v) is 6.66. The fraction of sp³-hybridized carbons (Fsp3) is 0.250. The highest BCUT2D eigenvalue weighted by molar-refractivity contribution is 5.89. The van der Waals surface area contributed by atoms with Crippen molar-refractivity contribution in [2.75, 3.05) is 11.5 Å². The lowest BCUT2D eigenvalue weighted by Crippen LogP contribution is -2.35. The molecule has 1 fully saturated rings. The van der Waals surface area contributed by atoms with Crippen LogP contribution in [-0.4, -0.2) is 23.7 Å². The standard InChI is InChI=1S/C16H16N2O2/c1-12-7-8-15(17-10-12)18-14(11-20-16(18)19)9-13-5-3-2-4-6-13/h2-8,10,14H,9,11H2,1H3/t14-/m0/s1. The first kappa shape index (κ1) is 12.7. The Bertz CT molecular complexity index is 596. The molecule has 3 rings (SSSR count). The van der Waals surface area contributed by atoms with Crippen molar-refractivity contribution >= 4 is 11.9 Å². The summed E-state index contributed by atoms with van der Waals surface area (Å²) < 4.78 is 5.18. The van der Waals surface area contributed by atoms with Crippen molar-refractivity contribution in [1.29, 1.82) is 0 Å². The van der Waals surface area contributed by atoms with E-state index in [-0.39, 0.29) is 12.1 Å². The van der Waals surface area contributed by atoms with E-state index in [9.17, 15) is 4.79 Å². The highest BCUT2D eigenvalue weighted by Crippen LogP contribution is 2.23. The number of cyclic esters (lactones) is 1. The SMILES string of the molecule is Cc1ccc(N2C(=O)OC[C@@H]2Cc2ccccc2)nc1. The van der Waals surface area contributed by atoms with Gasteiger partial charge < -0.3 is 4.74 Å². The lowest BCUT2D eigenvalue weighted by atomic mass is 10.1. The molecule has 0 saturated carbocycles. The number of aromatic nitrogens is 1. The van der Waals surface area contributed by atoms with Gasteiger partial charge in [0.05, 0.1) is 6.04 Å². The smallest absolute Gasteiger partial charge is 0.415 e. The van der Waals surface area contributed by atoms with Crippen molar-refractivity contribution in [2.24, 2.45) is 0 Å². The van der Waals surface area contributed by atoms with Crippen LogP contribution in [0.5, 0.6) is 0 Å². The van der Waals surface area contributed by atoms with Crippen LogP contribution in [-0.2, 0) is 11.2 Å². The first-order chi connectivity index (χ1) is 9.74. The molecule has 0 N–H and O–H groups in total. The fourth-order valence-corrected chi connectivity index (χ4v) is 2.38. The summed E-state index contributed by atoms with van der Waals surface area (Å²) in [5.41, 5.74) is 2.26. The molecule has 1 atom stereocenters. The summed E-state index contributed by atoms with van der Waals surface area (Å²) in [6, 6.07) is 13.9. The van der Waals surface area contributed by atoms with E-state index in [0.717, 1.165) is 12.0 Å². The average Bonchev–Trinajstić information content (AvgIpc) is 2.82. The van der Waals surface area contributed by atoms with Gasteiger partial charge in [-0.15, -0.1) is 0 Å². The number of rotatable bonds is 3. The molecule has 2 heterocycles. The van der Waals surface area contributed by atoms with Crippen LogP contribution >= 0.6 is 0 Å². The largest absolute Gasteiger partial charge is 0.447 e. The quantitative estimate of drug-likeness (QED) is 0.859. The molecule has 0 spiro atoms. The number of carbonyl (C=O) groups is 1. The summed E-state index contributed by atoms with van der Waals surface area (Å²) in [7, 11) is 0. The number of carbonyl (C=O) groups excluding carboxylic acids is 1. The summed E-state index contributed by atoms with van der Waals surface area (Å²) in [4.78, 5) is 17.9. The third kappa shape index (κ3) is 2.50. The van der Waals surface area contributed by atoms with E-state index in [1.165, 1.54) is 5.56 Å². The van der Waals surface area contributed by atoms with Crippen molar-refractivity contribution in [3.63, 3.8) is 0 Å². The van der Waals surface area contributed by atoms with Gasteiger partial charge in [-0.25, -0.2) is 9.78 Å². The third-order valence-corrected chi connectivity index (χ3v) is 3.42. The molecule has 4 heteroatoms. The van der Waals surface area contributed by atoms with Gasteiger partial charge in [-0.1, -0.05) is 36.4 Å². The van der Waals surface area contributed by atoms with Gasteiger partial charge in [0.1, 0.15) is 12.4 Å². The van der Waals surface area contributed by atoms with Gasteiger partial charge in [-0.05, 0) is 30.5 Å². The van der Waals surface area contributed by atoms with Gasteiger partial charge in [0.2, 0.25) is 0 Å². The van der Waals surface area contributed by atoms with E-state index in [2.05, 4.69) is 17.1 Å². The third-order valence-electron chi connectivity index (χ3n) is 3.42. The lowest BCUT2D eigenvalue weighted by Gasteiger charge is -2.20. The summed E-state index contributed by atoms with van der Waals surface area (Å²) in [5, 5.41) is 0. The Balaban J connectivity index is 1.83. The molecule has 1 aliphatic heterocycles. The molecule has 20 heavy (non-hydrogen) atoms. The molecule has 102 valence electrons. The highest BCUT2D eigenvalue weighted by Gasteiger charge is 2.34. The molecule has 0 aliphatic carbocycles. The topological polar surface area (TPSA) is 42.4 Å². The molecule has 2 aromatic rings. The predicted octanol–water partition coefficient (Wildman–Crippen LogP) is 2.96. The van der Waals surface area contributed by atoms with Crippen molar-refractivity contribution < 1.29 is 9.53 Å². The summed E-state index contributed by atoms with van der Waals surface area (Å²) in [5.74, 6) is 0.652. The molecule has 1 aromatic heterocycles. The number of amides is 1. The van der Waals surface area contributed by atoms with Crippen LogP contribution in [0.15, 0.2) is 48.7 Å². The molecular weight excluding hydrogens is 252 g/mol. The Morgan fingerprint density at radius 3 is 2.75 bits per heavy atom. The summed E-state index contributed by atoms with van der Waals surface area (Å²) in [6.45, 7) is 2.38. The molecule has 0 bridgehead atoms. The van der Waals surface area contributed by atoms with E-state index in [4.69, 9.17) is 4.74 Å². The summed E-state index contributed by atoms with van der Waals surface area (Å²) in [6.07, 6.45) is 2.21. The van der Waals surface area contributed by atoms with Gasteiger partial charge in [0.25, 0.3) is 0 Å². The lowest BCUT2D eigenvalue weighted by molar-refractivity contribution is 0.178. The van der Waals surface area contributed by atoms with Gasteiger partial charge >= 0.3 is 6.09 Å². The summed E-state index contributed by atoms with van der Waals surface area (Å²) >= 11 is 0. The Kier molecular flexibility index (Phi) is 3.37. The van der Waals surface area contributed by atoms with Crippen LogP contribution < -0.4 is 4.90 Å². The molecular formula is C16H16N2O2. The molecule has 0 radical (unpaired) electrons. The Hall–Kier alpha value is -2.36. The minimum Gasteiger partial charge on any atom is -0.447 e. The van der Waals surface area contributed by atoms with Gasteiger partial charge in [-0.3, -0.25) is 4.90 Å². The monoisotopic (exact) mass is 268 g/mol. The van der Waals surface area contributed by atoms with E-state index < -0.39 is 0 Å². The van der Waals surface area contributed by atoms with Crippen LogP contribution in [0.3, 0.4) is 0 Å². The number of pyridine rings is 1. The highest BCUT2D eigenvalue weighted by atomic mass is 16.6. The van der Waals surface area contributed by atoms with E-state index >= 15 is 0 Å². The second-order valence-corrected chi connectivity index (χ2v) is 4.98. The van der Waals surface area contributed by atoms with Crippen molar-refractivity contribution in [2.45, 2.75) is 19.4 Å². The number of hydrogen-bond acceptors (Lipinski definition) is 3. The maximum Gasteiger partial charge on any atom is 0.415 e. The molecule has 1 amide bonds. The van der Waals surface area contributed by atoms with Crippen LogP contribution in [0.25, 0.3) is 0 Å². The van der Waals surface area contributed by atoms with Crippen LogP contribution in [0, 0.1) is 6.92 Å². The number of ether oxygens (including phenoxy) is 1. The zero-order valence-electron chi connectivity index (χ0n) is 11.3. The van der Waals surface area contributed by atoms with Crippen LogP contribution in [0.4, 0.5) is 10.6 Å². The molecule has 1 saturated heterocycles. The zero-order chi connectivity index (χ0) is 13.9. The van der Waals surface area contributed by atoms with E-state index in [0.29, 0.717) is 12.4 Å². The van der Waals surface area contributed by atoms with Crippen LogP contribution in [0.1, 0.15) is 11.1 Å². The maximum atomic E-state index is 11.9. The molecule has 1 aromatic carbocycles. The van der Waals surface area contributed by atoms with Gasteiger partial charge in [0.15, 0.2) is 0 Å². The number of hydrogen-bond donors (Lipinski definition) is 0. The van der Waals surface area contributed by atoms with Crippen LogP contribution in [0.2, 0.25) is 0 Å². The van der Waals surface area contributed by atoms with E-state index in [1.54, 1.807) is 11.1 Å². The number of anilines is 1. The molecule has 4 nitrogen and oxygen atoms in total. The predicted molar refractivity (Wildman–Crippen MR) is 76.7 cm³/mol. The maximum absolute atomic E-state index is 11.9. The average molecular weight is 268 g/mol. The first-order valence-electron chi connectivity index (χ1n) is 6.66. The Labute approximate surface area is 118 Å². The van der Waals surface area contributed by atoms with Crippen molar-refractivity contribution in [1.82, 2.24) is 4.98 Å². The van der Waals surface area contributed by atoms with Crippen molar-refractivity contribution in [3.05, 3.63) is 59.8 Å². The van der Waals surface area contributed by atoms with E-state index in [1.807, 2.05) is 37.3 Å². The number of nitrogens with zero attached hydrogens (tertiary/aromatic N) is 2. The molecule has 1 aliphatic rings.